The predicted octanol–water partition coefficient (Wildman–Crippen LogP) is -3.21. The molecule has 7 N–H and O–H groups in total. The highest BCUT2D eigenvalue weighted by atomic mass is 32.1. The topological polar surface area (TPSA) is 197 Å². The number of hydrogen-bond donors (Lipinski definition) is 8. The van der Waals surface area contributed by atoms with Crippen LogP contribution in [0.15, 0.2) is 0 Å². The number of nitrogens with one attached hydrogen (secondary N) is 4. The summed E-state index contributed by atoms with van der Waals surface area (Å²) in [6, 6.07) is -3.49. The number of rotatable bonds is 13. The lowest BCUT2D eigenvalue weighted by atomic mass is 10.1. The van der Waals surface area contributed by atoms with Gasteiger partial charge in [0.25, 0.3) is 0 Å². The molecule has 0 aromatic carbocycles. The van der Waals surface area contributed by atoms with Gasteiger partial charge in [0.15, 0.2) is 0 Å². The van der Waals surface area contributed by atoms with E-state index in [1.165, 1.54) is 6.92 Å². The van der Waals surface area contributed by atoms with E-state index in [-0.39, 0.29) is 24.3 Å². The summed E-state index contributed by atoms with van der Waals surface area (Å²) in [5, 5.41) is 18.3. The number of aliphatic carboxylic acids is 1. The van der Waals surface area contributed by atoms with Crippen molar-refractivity contribution in [1.82, 2.24) is 21.3 Å². The van der Waals surface area contributed by atoms with Gasteiger partial charge < -0.3 is 32.1 Å². The lowest BCUT2D eigenvalue weighted by Gasteiger charge is -2.20. The van der Waals surface area contributed by atoms with Crippen molar-refractivity contribution in [3.63, 3.8) is 0 Å². The van der Waals surface area contributed by atoms with Crippen LogP contribution in [0.3, 0.4) is 0 Å². The molecule has 0 aliphatic heterocycles. The van der Waals surface area contributed by atoms with Crippen LogP contribution in [0.25, 0.3) is 0 Å². The van der Waals surface area contributed by atoms with Crippen molar-refractivity contribution in [3.05, 3.63) is 0 Å². The SMILES string of the molecule is CC(=O)N[C@@H](CS)C(=O)N[C@@H](CCC(=O)N[C@@H](CS)C(=O)NCC(N)=O)C(=O)O. The van der Waals surface area contributed by atoms with Crippen molar-refractivity contribution in [1.29, 1.82) is 0 Å². The molecule has 0 aromatic rings. The van der Waals surface area contributed by atoms with Gasteiger partial charge in [-0.25, -0.2) is 4.79 Å². The number of hydrogen-bond acceptors (Lipinski definition) is 8. The van der Waals surface area contributed by atoms with E-state index in [2.05, 4.69) is 46.5 Å². The third-order valence-electron chi connectivity index (χ3n) is 3.42. The molecule has 14 heteroatoms. The molecule has 5 amide bonds. The molecule has 0 radical (unpaired) electrons. The normalized spacial score (nSPS) is 13.3. The van der Waals surface area contributed by atoms with Crippen LogP contribution in [0.2, 0.25) is 0 Å². The second-order valence-corrected chi connectivity index (χ2v) is 6.59. The standard InChI is InChI=1S/C15H25N5O7S2/c1-7(21)18-10(6-29)14(25)20-8(15(26)27)2-3-12(23)19-9(5-28)13(24)17-4-11(16)22/h8-10,28-29H,2-6H2,1H3,(H2,16,22)(H,17,24)(H,18,21)(H,19,23)(H,20,25)(H,26,27)/t8-,9-,10-/m0/s1. The molecule has 0 spiro atoms. The van der Waals surface area contributed by atoms with Crippen LogP contribution in [0.5, 0.6) is 0 Å². The minimum atomic E-state index is -1.40. The van der Waals surface area contributed by atoms with Crippen LogP contribution in [0, 0.1) is 0 Å². The van der Waals surface area contributed by atoms with Crippen molar-refractivity contribution < 1.29 is 33.9 Å². The molecule has 0 saturated heterocycles. The summed E-state index contributed by atoms with van der Waals surface area (Å²) in [4.78, 5) is 69.0. The number of carbonyl (C=O) groups excluding carboxylic acids is 5. The Kier molecular flexibility index (Phi) is 12.5. The summed E-state index contributed by atoms with van der Waals surface area (Å²) in [5.41, 5.74) is 4.91. The lowest BCUT2D eigenvalue weighted by Crippen LogP contribution is -2.52. The molecule has 0 unspecified atom stereocenters. The van der Waals surface area contributed by atoms with Gasteiger partial charge in [-0.3, -0.25) is 24.0 Å². The van der Waals surface area contributed by atoms with E-state index >= 15 is 0 Å². The number of nitrogens with two attached hydrogens (primary N) is 1. The van der Waals surface area contributed by atoms with E-state index in [4.69, 9.17) is 5.73 Å². The monoisotopic (exact) mass is 451 g/mol. The molecular formula is C15H25N5O7S2. The van der Waals surface area contributed by atoms with Gasteiger partial charge in [0.05, 0.1) is 6.54 Å². The third kappa shape index (κ3) is 11.2. The number of amides is 5. The number of carboxylic acid groups (broad SMARTS) is 1. The maximum absolute atomic E-state index is 12.1. The van der Waals surface area contributed by atoms with Crippen molar-refractivity contribution in [2.24, 2.45) is 5.73 Å². The molecule has 0 aliphatic rings. The van der Waals surface area contributed by atoms with Crippen molar-refractivity contribution in [2.75, 3.05) is 18.1 Å². The Labute approximate surface area is 177 Å². The second kappa shape index (κ2) is 13.7. The zero-order valence-corrected chi connectivity index (χ0v) is 17.4. The summed E-state index contributed by atoms with van der Waals surface area (Å²) < 4.78 is 0. The summed E-state index contributed by atoms with van der Waals surface area (Å²) in [6.07, 6.45) is -0.592. The van der Waals surface area contributed by atoms with Crippen molar-refractivity contribution >= 4 is 60.8 Å². The van der Waals surface area contributed by atoms with Gasteiger partial charge in [0.1, 0.15) is 18.1 Å². The molecule has 164 valence electrons. The Balaban J connectivity index is 4.74. The first kappa shape index (κ1) is 26.5. The van der Waals surface area contributed by atoms with Crippen LogP contribution in [-0.4, -0.2) is 76.8 Å². The average molecular weight is 452 g/mol. The summed E-state index contributed by atoms with van der Waals surface area (Å²) >= 11 is 7.86. The van der Waals surface area contributed by atoms with Crippen LogP contribution in [0.4, 0.5) is 0 Å². The highest BCUT2D eigenvalue weighted by Gasteiger charge is 2.26. The molecule has 0 fully saturated rings. The smallest absolute Gasteiger partial charge is 0.326 e. The molecule has 0 bridgehead atoms. The number of primary amides is 1. The van der Waals surface area contributed by atoms with E-state index in [0.717, 1.165) is 0 Å². The second-order valence-electron chi connectivity index (χ2n) is 5.86. The van der Waals surface area contributed by atoms with E-state index in [1.54, 1.807) is 0 Å². The van der Waals surface area contributed by atoms with Gasteiger partial charge >= 0.3 is 5.97 Å². The summed E-state index contributed by atoms with van der Waals surface area (Å²) in [5.74, 6) is -4.86. The minimum Gasteiger partial charge on any atom is -0.480 e. The van der Waals surface area contributed by atoms with Gasteiger partial charge in [-0.05, 0) is 6.42 Å². The first-order chi connectivity index (χ1) is 13.5. The van der Waals surface area contributed by atoms with Gasteiger partial charge in [0, 0.05) is 24.9 Å². The minimum absolute atomic E-state index is 0.0533. The van der Waals surface area contributed by atoms with E-state index < -0.39 is 60.2 Å². The van der Waals surface area contributed by atoms with Crippen LogP contribution >= 0.6 is 25.3 Å². The van der Waals surface area contributed by atoms with Crippen LogP contribution < -0.4 is 27.0 Å². The largest absolute Gasteiger partial charge is 0.480 e. The molecule has 29 heavy (non-hydrogen) atoms. The third-order valence-corrected chi connectivity index (χ3v) is 4.15. The highest BCUT2D eigenvalue weighted by Crippen LogP contribution is 2.01. The zero-order valence-electron chi connectivity index (χ0n) is 15.6. The number of carbonyl (C=O) groups is 6. The first-order valence-electron chi connectivity index (χ1n) is 8.39. The van der Waals surface area contributed by atoms with Gasteiger partial charge in [-0.1, -0.05) is 0 Å². The number of carboxylic acids is 1. The number of thiol groups is 2. The van der Waals surface area contributed by atoms with Crippen LogP contribution in [0.1, 0.15) is 19.8 Å². The fourth-order valence-corrected chi connectivity index (χ4v) is 2.52. The molecular weight excluding hydrogens is 426 g/mol. The summed E-state index contributed by atoms with van der Waals surface area (Å²) in [7, 11) is 0. The molecule has 0 heterocycles. The van der Waals surface area contributed by atoms with Gasteiger partial charge in [0.2, 0.25) is 29.5 Å². The Bertz CT molecular complexity index is 647. The van der Waals surface area contributed by atoms with E-state index in [1.807, 2.05) is 0 Å². The fourth-order valence-electron chi connectivity index (χ4n) is 2.00. The molecule has 0 rings (SSSR count). The Morgan fingerprint density at radius 1 is 0.897 bits per heavy atom. The van der Waals surface area contributed by atoms with Crippen molar-refractivity contribution in [3.8, 4) is 0 Å². The Morgan fingerprint density at radius 3 is 1.90 bits per heavy atom. The van der Waals surface area contributed by atoms with Gasteiger partial charge in [-0.2, -0.15) is 25.3 Å². The predicted molar refractivity (Wildman–Crippen MR) is 108 cm³/mol. The lowest BCUT2D eigenvalue weighted by molar-refractivity contribution is -0.142. The maximum atomic E-state index is 12.1. The van der Waals surface area contributed by atoms with Gasteiger partial charge in [-0.15, -0.1) is 0 Å². The quantitative estimate of drug-likeness (QED) is 0.135. The maximum Gasteiger partial charge on any atom is 0.326 e. The fraction of sp³-hybridized carbons (Fsp3) is 0.600. The Hall–Kier alpha value is -2.48. The average Bonchev–Trinajstić information content (AvgIpc) is 2.64. The molecule has 12 nitrogen and oxygen atoms in total. The Morgan fingerprint density at radius 2 is 1.45 bits per heavy atom. The van der Waals surface area contributed by atoms with E-state index in [0.29, 0.717) is 0 Å². The van der Waals surface area contributed by atoms with Crippen LogP contribution in [-0.2, 0) is 28.8 Å². The first-order valence-corrected chi connectivity index (χ1v) is 9.65. The van der Waals surface area contributed by atoms with Crippen molar-refractivity contribution in [2.45, 2.75) is 37.9 Å². The molecule has 0 saturated carbocycles. The molecule has 0 aliphatic carbocycles. The zero-order chi connectivity index (χ0) is 22.6. The summed E-state index contributed by atoms with van der Waals surface area (Å²) in [6.45, 7) is 0.785. The highest BCUT2D eigenvalue weighted by molar-refractivity contribution is 7.80. The molecule has 3 atom stereocenters. The molecule has 0 aromatic heterocycles. The van der Waals surface area contributed by atoms with E-state index in [9.17, 15) is 33.9 Å².